The molecule has 0 unspecified atom stereocenters. The number of halogens is 1. The van der Waals surface area contributed by atoms with E-state index in [0.717, 1.165) is 20.9 Å². The Morgan fingerprint density at radius 1 is 1.02 bits per heavy atom. The van der Waals surface area contributed by atoms with Gasteiger partial charge in [-0.05, 0) is 60.5 Å². The first-order chi connectivity index (χ1) is 19.3. The lowest BCUT2D eigenvalue weighted by atomic mass is 9.76. The largest absolute Gasteiger partial charge is 0.361 e. The first-order valence-corrected chi connectivity index (χ1v) is 13.8. The molecule has 10 heteroatoms. The summed E-state index contributed by atoms with van der Waals surface area (Å²) >= 11 is 3.51. The lowest BCUT2D eigenvalue weighted by Crippen LogP contribution is -2.53. The van der Waals surface area contributed by atoms with E-state index < -0.39 is 29.3 Å². The number of imide groups is 1. The van der Waals surface area contributed by atoms with Gasteiger partial charge in [0.25, 0.3) is 0 Å². The van der Waals surface area contributed by atoms with Gasteiger partial charge in [0.2, 0.25) is 23.6 Å². The predicted molar refractivity (Wildman–Crippen MR) is 154 cm³/mol. The monoisotopic (exact) mass is 597 g/mol. The zero-order chi connectivity index (χ0) is 27.8. The van der Waals surface area contributed by atoms with E-state index in [2.05, 4.69) is 36.9 Å². The van der Waals surface area contributed by atoms with E-state index in [1.165, 1.54) is 11.8 Å². The van der Waals surface area contributed by atoms with Crippen LogP contribution >= 0.6 is 15.9 Å². The van der Waals surface area contributed by atoms with Crippen molar-refractivity contribution in [3.63, 3.8) is 0 Å². The van der Waals surface area contributed by atoms with Gasteiger partial charge in [0, 0.05) is 51.5 Å². The Hall–Kier alpha value is -4.28. The van der Waals surface area contributed by atoms with Crippen molar-refractivity contribution in [3.05, 3.63) is 88.5 Å². The minimum absolute atomic E-state index is 0.221. The highest BCUT2D eigenvalue weighted by Gasteiger charge is 2.70. The predicted octanol–water partition coefficient (Wildman–Crippen LogP) is 4.06. The Bertz CT molecular complexity index is 1750. The van der Waals surface area contributed by atoms with E-state index in [1.54, 1.807) is 30.3 Å². The summed E-state index contributed by atoms with van der Waals surface area (Å²) in [7, 11) is 0. The van der Waals surface area contributed by atoms with Gasteiger partial charge in [0.15, 0.2) is 0 Å². The summed E-state index contributed by atoms with van der Waals surface area (Å²) in [6, 6.07) is 19.5. The SMILES string of the molecule is CC(=O)Nc1ccc(N2C(=O)[C@@H]3[C@H](Cc4c[nH]c5ccccc45)N[C@]4(C(=O)Nc5ccc(Br)cc54)[C@H]3C2=O)cc1. The van der Waals surface area contributed by atoms with Crippen LogP contribution in [0, 0.1) is 11.8 Å². The molecule has 4 amide bonds. The number of aromatic nitrogens is 1. The molecule has 4 N–H and O–H groups in total. The number of benzene rings is 3. The minimum atomic E-state index is -1.40. The van der Waals surface area contributed by atoms with Crippen molar-refractivity contribution in [2.75, 3.05) is 15.5 Å². The number of hydrogen-bond donors (Lipinski definition) is 4. The average Bonchev–Trinajstić information content (AvgIpc) is 3.64. The molecule has 40 heavy (non-hydrogen) atoms. The fourth-order valence-corrected chi connectivity index (χ4v) is 7.00. The fraction of sp³-hybridized carbons (Fsp3) is 0.200. The number of aromatic amines is 1. The second-order valence-electron chi connectivity index (χ2n) is 10.5. The number of carbonyl (C=O) groups is 4. The Morgan fingerprint density at radius 2 is 1.80 bits per heavy atom. The number of nitrogens with one attached hydrogen (secondary N) is 4. The highest BCUT2D eigenvalue weighted by atomic mass is 79.9. The van der Waals surface area contributed by atoms with Gasteiger partial charge in [-0.2, -0.15) is 0 Å². The van der Waals surface area contributed by atoms with Gasteiger partial charge in [-0.25, -0.2) is 4.90 Å². The van der Waals surface area contributed by atoms with Crippen LogP contribution in [0.1, 0.15) is 18.1 Å². The zero-order valence-corrected chi connectivity index (χ0v) is 22.9. The maximum atomic E-state index is 14.2. The second kappa shape index (κ2) is 8.87. The molecule has 1 spiro atoms. The van der Waals surface area contributed by atoms with Crippen LogP contribution in [0.5, 0.6) is 0 Å². The number of rotatable bonds is 4. The van der Waals surface area contributed by atoms with E-state index in [0.29, 0.717) is 29.0 Å². The lowest BCUT2D eigenvalue weighted by Gasteiger charge is -2.29. The summed E-state index contributed by atoms with van der Waals surface area (Å²) in [5.74, 6) is -3.07. The van der Waals surface area contributed by atoms with Gasteiger partial charge < -0.3 is 15.6 Å². The summed E-state index contributed by atoms with van der Waals surface area (Å²) in [6.07, 6.45) is 2.36. The number of nitrogens with zero attached hydrogens (tertiary/aromatic N) is 1. The molecule has 4 atom stereocenters. The van der Waals surface area contributed by atoms with Crippen molar-refractivity contribution in [1.82, 2.24) is 10.3 Å². The van der Waals surface area contributed by atoms with Crippen LogP contribution < -0.4 is 20.9 Å². The number of para-hydroxylation sites is 1. The molecule has 0 radical (unpaired) electrons. The average molecular weight is 598 g/mol. The van der Waals surface area contributed by atoms with Crippen LogP contribution in [0.15, 0.2) is 77.4 Å². The number of fused-ring (bicyclic) bond motifs is 5. The van der Waals surface area contributed by atoms with Crippen LogP contribution in [0.4, 0.5) is 17.1 Å². The molecule has 9 nitrogen and oxygen atoms in total. The summed E-state index contributed by atoms with van der Waals surface area (Å²) < 4.78 is 0.766. The van der Waals surface area contributed by atoms with Crippen LogP contribution in [-0.2, 0) is 31.1 Å². The number of hydrogen-bond acceptors (Lipinski definition) is 5. The van der Waals surface area contributed by atoms with Crippen LogP contribution in [0.2, 0.25) is 0 Å². The van der Waals surface area contributed by atoms with Crippen LogP contribution in [-0.4, -0.2) is 34.7 Å². The van der Waals surface area contributed by atoms with E-state index in [4.69, 9.17) is 0 Å². The molecule has 1 aromatic heterocycles. The summed E-state index contributed by atoms with van der Waals surface area (Å²) in [5.41, 5.74) is 2.78. The Morgan fingerprint density at radius 3 is 2.58 bits per heavy atom. The first kappa shape index (κ1) is 24.7. The van der Waals surface area contributed by atoms with Gasteiger partial charge in [-0.15, -0.1) is 0 Å². The molecule has 3 aliphatic rings. The molecular weight excluding hydrogens is 574 g/mol. The van der Waals surface area contributed by atoms with Crippen molar-refractivity contribution in [2.45, 2.75) is 24.9 Å². The van der Waals surface area contributed by atoms with Crippen LogP contribution in [0.3, 0.4) is 0 Å². The molecule has 200 valence electrons. The summed E-state index contributed by atoms with van der Waals surface area (Å²) in [6.45, 7) is 1.41. The Balaban J connectivity index is 1.34. The first-order valence-electron chi connectivity index (χ1n) is 13.0. The molecule has 2 saturated heterocycles. The standard InChI is InChI=1S/C30H24BrN5O4/c1-15(37)33-18-7-9-19(10-8-18)36-27(38)25-24(12-16-14-32-22-5-3-2-4-20(16)22)35-30(26(25)28(36)39)21-13-17(31)6-11-23(21)34-29(30)40/h2-11,13-14,24-26,32,35H,12H2,1H3,(H,33,37)(H,34,40)/t24-,25+,26+,30-/m0/s1. The van der Waals surface area contributed by atoms with E-state index in [-0.39, 0.29) is 17.7 Å². The van der Waals surface area contributed by atoms with Gasteiger partial charge in [-0.1, -0.05) is 34.1 Å². The van der Waals surface area contributed by atoms with Crippen molar-refractivity contribution in [2.24, 2.45) is 11.8 Å². The maximum Gasteiger partial charge on any atom is 0.250 e. The topological polar surface area (TPSA) is 123 Å². The summed E-state index contributed by atoms with van der Waals surface area (Å²) in [4.78, 5) is 58.1. The second-order valence-corrected chi connectivity index (χ2v) is 11.4. The van der Waals surface area contributed by atoms with E-state index in [9.17, 15) is 19.2 Å². The van der Waals surface area contributed by atoms with Gasteiger partial charge in [0.1, 0.15) is 5.54 Å². The molecule has 3 aliphatic heterocycles. The normalized spacial score (nSPS) is 25.0. The molecular formula is C30H24BrN5O4. The van der Waals surface area contributed by atoms with Crippen molar-refractivity contribution >= 4 is 67.5 Å². The molecule has 0 bridgehead atoms. The minimum Gasteiger partial charge on any atom is -0.361 e. The third-order valence-corrected chi connectivity index (χ3v) is 8.73. The smallest absolute Gasteiger partial charge is 0.250 e. The highest BCUT2D eigenvalue weighted by Crippen LogP contribution is 2.54. The lowest BCUT2D eigenvalue weighted by molar-refractivity contribution is -0.130. The molecule has 3 aromatic carbocycles. The van der Waals surface area contributed by atoms with E-state index >= 15 is 0 Å². The van der Waals surface area contributed by atoms with Crippen molar-refractivity contribution < 1.29 is 19.2 Å². The number of anilines is 3. The maximum absolute atomic E-state index is 14.2. The molecule has 4 heterocycles. The highest BCUT2D eigenvalue weighted by molar-refractivity contribution is 9.10. The van der Waals surface area contributed by atoms with Crippen LogP contribution in [0.25, 0.3) is 10.9 Å². The fourth-order valence-electron chi connectivity index (χ4n) is 6.64. The molecule has 0 saturated carbocycles. The summed E-state index contributed by atoms with van der Waals surface area (Å²) in [5, 5.41) is 10.2. The Kier molecular flexibility index (Phi) is 5.48. The third kappa shape index (κ3) is 3.49. The van der Waals surface area contributed by atoms with Crippen molar-refractivity contribution in [3.8, 4) is 0 Å². The van der Waals surface area contributed by atoms with Gasteiger partial charge in [0.05, 0.1) is 17.5 Å². The zero-order valence-electron chi connectivity index (χ0n) is 21.3. The quantitative estimate of drug-likeness (QED) is 0.264. The molecule has 7 rings (SSSR count). The number of carbonyl (C=O) groups excluding carboxylic acids is 4. The Labute approximate surface area is 237 Å². The molecule has 2 fully saturated rings. The number of amides is 4. The number of H-pyrrole nitrogens is 1. The van der Waals surface area contributed by atoms with Gasteiger partial charge in [-0.3, -0.25) is 24.5 Å². The van der Waals surface area contributed by atoms with Gasteiger partial charge >= 0.3 is 0 Å². The van der Waals surface area contributed by atoms with E-state index in [1.807, 2.05) is 42.6 Å². The molecule has 0 aliphatic carbocycles. The van der Waals surface area contributed by atoms with Crippen molar-refractivity contribution in [1.29, 1.82) is 0 Å². The molecule has 4 aromatic rings. The third-order valence-electron chi connectivity index (χ3n) is 8.24.